The molecular weight excluding hydrogens is 475 g/mol. The van der Waals surface area contributed by atoms with Crippen molar-refractivity contribution in [1.82, 2.24) is 19.4 Å². The SMILES string of the molecule is COc1ncc([C@@H]2C=C[C@@H](c3cc(Cl)cn(C)c3=O)N2C(C)(C)c2ccc(Cl)cc2)c(OC)n1. The summed E-state index contributed by atoms with van der Waals surface area (Å²) in [4.78, 5) is 24.1. The third-order valence-corrected chi connectivity index (χ3v) is 6.68. The van der Waals surface area contributed by atoms with Gasteiger partial charge < -0.3 is 14.0 Å². The molecule has 7 nitrogen and oxygen atoms in total. The predicted octanol–water partition coefficient (Wildman–Crippen LogP) is 5.09. The fourth-order valence-electron chi connectivity index (χ4n) is 4.51. The molecule has 0 aliphatic carbocycles. The quantitative estimate of drug-likeness (QED) is 0.439. The highest BCUT2D eigenvalue weighted by molar-refractivity contribution is 6.30. The number of pyridine rings is 1. The normalized spacial score (nSPS) is 18.3. The molecule has 0 N–H and O–H groups in total. The zero-order chi connectivity index (χ0) is 24.6. The first-order valence-corrected chi connectivity index (χ1v) is 11.5. The van der Waals surface area contributed by atoms with Gasteiger partial charge in [-0.2, -0.15) is 4.98 Å². The van der Waals surface area contributed by atoms with Crippen LogP contribution >= 0.6 is 23.2 Å². The maximum atomic E-state index is 13.2. The van der Waals surface area contributed by atoms with Gasteiger partial charge in [0.1, 0.15) is 0 Å². The molecular formula is C25H26Cl2N4O3. The van der Waals surface area contributed by atoms with Crippen molar-refractivity contribution >= 4 is 23.2 Å². The number of halogens is 2. The standard InChI is InChI=1S/C25H26Cl2N4O3/c1-25(2,15-6-8-16(26)9-7-15)31-20(18-12-17(27)14-30(3)23(18)32)10-11-21(31)19-13-28-24(34-5)29-22(19)33-4/h6-14,20-21H,1-5H3/t20-,21-/m0/s1. The van der Waals surface area contributed by atoms with Crippen LogP contribution in [0.3, 0.4) is 0 Å². The summed E-state index contributed by atoms with van der Waals surface area (Å²) in [6.45, 7) is 4.21. The summed E-state index contributed by atoms with van der Waals surface area (Å²) in [5, 5.41) is 1.14. The Bertz CT molecular complexity index is 1290. The Balaban J connectivity index is 1.90. The van der Waals surface area contributed by atoms with Crippen LogP contribution in [0.2, 0.25) is 10.0 Å². The molecule has 9 heteroatoms. The minimum atomic E-state index is -0.540. The summed E-state index contributed by atoms with van der Waals surface area (Å²) in [7, 11) is 4.76. The summed E-state index contributed by atoms with van der Waals surface area (Å²) >= 11 is 12.5. The number of hydrogen-bond donors (Lipinski definition) is 0. The third-order valence-electron chi connectivity index (χ3n) is 6.22. The molecule has 0 unspecified atom stereocenters. The molecule has 0 amide bonds. The molecule has 1 aliphatic heterocycles. The number of ether oxygens (including phenoxy) is 2. The van der Waals surface area contributed by atoms with Gasteiger partial charge in [0.25, 0.3) is 5.56 Å². The first-order chi connectivity index (χ1) is 16.2. The van der Waals surface area contributed by atoms with E-state index in [2.05, 4.69) is 28.7 Å². The second kappa shape index (κ2) is 9.41. The van der Waals surface area contributed by atoms with Gasteiger partial charge in [-0.3, -0.25) is 9.69 Å². The number of benzene rings is 1. The van der Waals surface area contributed by atoms with Crippen LogP contribution in [-0.4, -0.2) is 33.7 Å². The molecule has 178 valence electrons. The van der Waals surface area contributed by atoms with E-state index in [1.54, 1.807) is 32.6 Å². The fraction of sp³-hybridized carbons (Fsp3) is 0.320. The van der Waals surface area contributed by atoms with Gasteiger partial charge in [0.05, 0.1) is 36.9 Å². The van der Waals surface area contributed by atoms with Crippen LogP contribution in [0, 0.1) is 0 Å². The van der Waals surface area contributed by atoms with E-state index in [1.807, 2.05) is 36.4 Å². The predicted molar refractivity (Wildman–Crippen MR) is 133 cm³/mol. The Labute approximate surface area is 208 Å². The van der Waals surface area contributed by atoms with Crippen molar-refractivity contribution in [2.75, 3.05) is 14.2 Å². The van der Waals surface area contributed by atoms with E-state index in [0.29, 0.717) is 21.5 Å². The average Bonchev–Trinajstić information content (AvgIpc) is 3.26. The summed E-state index contributed by atoms with van der Waals surface area (Å²) in [6.07, 6.45) is 7.36. The number of rotatable bonds is 6. The van der Waals surface area contributed by atoms with E-state index < -0.39 is 5.54 Å². The maximum absolute atomic E-state index is 13.2. The van der Waals surface area contributed by atoms with Crippen LogP contribution in [0.15, 0.2) is 59.7 Å². The molecule has 0 spiro atoms. The van der Waals surface area contributed by atoms with Crippen LogP contribution in [0.4, 0.5) is 0 Å². The van der Waals surface area contributed by atoms with Crippen molar-refractivity contribution in [3.8, 4) is 11.9 Å². The number of aryl methyl sites for hydroxylation is 1. The van der Waals surface area contributed by atoms with Crippen LogP contribution in [0.25, 0.3) is 0 Å². The van der Waals surface area contributed by atoms with E-state index in [4.69, 9.17) is 32.7 Å². The summed E-state index contributed by atoms with van der Waals surface area (Å²) in [5.74, 6) is 0.401. The lowest BCUT2D eigenvalue weighted by Gasteiger charge is -2.44. The van der Waals surface area contributed by atoms with Crippen molar-refractivity contribution in [3.63, 3.8) is 0 Å². The molecule has 0 saturated heterocycles. The van der Waals surface area contributed by atoms with Crippen molar-refractivity contribution < 1.29 is 9.47 Å². The molecule has 0 radical (unpaired) electrons. The van der Waals surface area contributed by atoms with Crippen LogP contribution in [0.1, 0.15) is 42.6 Å². The molecule has 1 aromatic carbocycles. The molecule has 34 heavy (non-hydrogen) atoms. The second-order valence-corrected chi connectivity index (χ2v) is 9.47. The van der Waals surface area contributed by atoms with Crippen molar-refractivity contribution in [2.24, 2.45) is 7.05 Å². The first kappa shape index (κ1) is 24.3. The van der Waals surface area contributed by atoms with E-state index in [9.17, 15) is 4.79 Å². The van der Waals surface area contributed by atoms with Crippen molar-refractivity contribution in [1.29, 1.82) is 0 Å². The Morgan fingerprint density at radius 3 is 2.24 bits per heavy atom. The lowest BCUT2D eigenvalue weighted by Crippen LogP contribution is -2.44. The van der Waals surface area contributed by atoms with Crippen LogP contribution in [-0.2, 0) is 12.6 Å². The largest absolute Gasteiger partial charge is 0.481 e. The number of aromatic nitrogens is 3. The highest BCUT2D eigenvalue weighted by Gasteiger charge is 2.44. The van der Waals surface area contributed by atoms with Crippen molar-refractivity contribution in [3.05, 3.63) is 92.0 Å². The van der Waals surface area contributed by atoms with Gasteiger partial charge in [0.15, 0.2) is 0 Å². The Kier molecular flexibility index (Phi) is 6.71. The number of hydrogen-bond acceptors (Lipinski definition) is 6. The molecule has 4 rings (SSSR count). The van der Waals surface area contributed by atoms with E-state index in [-0.39, 0.29) is 23.7 Å². The van der Waals surface area contributed by atoms with Crippen LogP contribution in [0.5, 0.6) is 11.9 Å². The molecule has 0 saturated carbocycles. The van der Waals surface area contributed by atoms with Crippen LogP contribution < -0.4 is 15.0 Å². The van der Waals surface area contributed by atoms with Crippen molar-refractivity contribution in [2.45, 2.75) is 31.5 Å². The number of methoxy groups -OCH3 is 2. The van der Waals surface area contributed by atoms with E-state index in [1.165, 1.54) is 11.7 Å². The van der Waals surface area contributed by atoms with Gasteiger partial charge in [-0.1, -0.05) is 47.5 Å². The van der Waals surface area contributed by atoms with Gasteiger partial charge in [0.2, 0.25) is 5.88 Å². The van der Waals surface area contributed by atoms with E-state index in [0.717, 1.165) is 11.1 Å². The summed E-state index contributed by atoms with van der Waals surface area (Å²) in [6, 6.07) is 9.00. The lowest BCUT2D eigenvalue weighted by atomic mass is 9.88. The monoisotopic (exact) mass is 500 g/mol. The number of nitrogens with zero attached hydrogens (tertiary/aromatic N) is 4. The summed E-state index contributed by atoms with van der Waals surface area (Å²) < 4.78 is 12.3. The van der Waals surface area contributed by atoms with Gasteiger partial charge in [-0.15, -0.1) is 0 Å². The fourth-order valence-corrected chi connectivity index (χ4v) is 4.90. The highest BCUT2D eigenvalue weighted by Crippen LogP contribution is 2.48. The summed E-state index contributed by atoms with van der Waals surface area (Å²) in [5.41, 5.74) is 1.70. The second-order valence-electron chi connectivity index (χ2n) is 8.60. The minimum absolute atomic E-state index is 0.116. The average molecular weight is 501 g/mol. The lowest BCUT2D eigenvalue weighted by molar-refractivity contribution is 0.0677. The molecule has 1 aliphatic rings. The third kappa shape index (κ3) is 4.31. The first-order valence-electron chi connectivity index (χ1n) is 10.7. The van der Waals surface area contributed by atoms with Gasteiger partial charge >= 0.3 is 6.01 Å². The molecule has 0 fully saturated rings. The molecule has 2 aromatic heterocycles. The van der Waals surface area contributed by atoms with E-state index >= 15 is 0 Å². The Morgan fingerprint density at radius 2 is 1.62 bits per heavy atom. The van der Waals surface area contributed by atoms with Gasteiger partial charge in [0, 0.05) is 35.6 Å². The zero-order valence-corrected chi connectivity index (χ0v) is 21.1. The zero-order valence-electron chi connectivity index (χ0n) is 19.6. The Hall–Kier alpha value is -2.87. The van der Waals surface area contributed by atoms with Gasteiger partial charge in [-0.05, 0) is 37.6 Å². The van der Waals surface area contributed by atoms with Gasteiger partial charge in [-0.25, -0.2) is 4.98 Å². The highest BCUT2D eigenvalue weighted by atomic mass is 35.5. The maximum Gasteiger partial charge on any atom is 0.319 e. The molecule has 0 bridgehead atoms. The molecule has 3 aromatic rings. The molecule has 2 atom stereocenters. The smallest absolute Gasteiger partial charge is 0.319 e. The Morgan fingerprint density at radius 1 is 0.971 bits per heavy atom. The topological polar surface area (TPSA) is 69.5 Å². The minimum Gasteiger partial charge on any atom is -0.481 e. The molecule has 3 heterocycles.